The Labute approximate surface area is 141 Å². The molecule has 0 fully saturated rings. The number of anilines is 1. The van der Waals surface area contributed by atoms with Crippen molar-refractivity contribution in [3.63, 3.8) is 0 Å². The van der Waals surface area contributed by atoms with E-state index in [2.05, 4.69) is 0 Å². The zero-order valence-corrected chi connectivity index (χ0v) is 14.3. The lowest BCUT2D eigenvalue weighted by molar-refractivity contribution is 0.101. The second-order valence-electron chi connectivity index (χ2n) is 5.71. The number of hydrogen-bond acceptors (Lipinski definition) is 4. The summed E-state index contributed by atoms with van der Waals surface area (Å²) < 4.78 is 32.5. The van der Waals surface area contributed by atoms with E-state index in [0.29, 0.717) is 30.0 Å². The molecule has 2 aromatic carbocycles. The molecule has 0 amide bonds. The van der Waals surface area contributed by atoms with Crippen LogP contribution in [0.5, 0.6) is 5.75 Å². The summed E-state index contributed by atoms with van der Waals surface area (Å²) in [6.07, 6.45) is 0.447. The Hall–Kier alpha value is -2.34. The lowest BCUT2D eigenvalue weighted by Gasteiger charge is -2.30. The van der Waals surface area contributed by atoms with E-state index in [0.717, 1.165) is 5.56 Å². The number of benzene rings is 2. The molecule has 0 bridgehead atoms. The molecular formula is C18H19NO4S. The predicted octanol–water partition coefficient (Wildman–Crippen LogP) is 2.66. The number of sulfonamides is 1. The van der Waals surface area contributed by atoms with Crippen molar-refractivity contribution >= 4 is 21.5 Å². The Kier molecular flexibility index (Phi) is 4.57. The van der Waals surface area contributed by atoms with Gasteiger partial charge in [0, 0.05) is 5.56 Å². The minimum Gasteiger partial charge on any atom is -0.489 e. The summed E-state index contributed by atoms with van der Waals surface area (Å²) in [4.78, 5) is 11.6. The molecule has 2 aromatic rings. The standard InChI is InChI=1S/C18H19NO4S/c1-14(20)16-7-8-18-17(13-16)19(10-11-23-18)24(21,22)12-9-15-5-3-2-4-6-15/h2-8,13H,9-12H2,1H3. The third-order valence-electron chi connectivity index (χ3n) is 4.01. The monoisotopic (exact) mass is 345 g/mol. The van der Waals surface area contributed by atoms with Gasteiger partial charge in [-0.2, -0.15) is 0 Å². The van der Waals surface area contributed by atoms with Crippen LogP contribution in [0.4, 0.5) is 5.69 Å². The Morgan fingerprint density at radius 3 is 2.62 bits per heavy atom. The first-order valence-corrected chi connectivity index (χ1v) is 9.40. The van der Waals surface area contributed by atoms with Crippen molar-refractivity contribution in [2.45, 2.75) is 13.3 Å². The van der Waals surface area contributed by atoms with Crippen molar-refractivity contribution < 1.29 is 17.9 Å². The summed E-state index contributed by atoms with van der Waals surface area (Å²) in [5.74, 6) is 0.403. The molecule has 24 heavy (non-hydrogen) atoms. The Bertz CT molecular complexity index is 847. The Balaban J connectivity index is 1.87. The molecule has 1 aliphatic rings. The number of ketones is 1. The van der Waals surface area contributed by atoms with E-state index in [1.807, 2.05) is 30.3 Å². The second-order valence-corrected chi connectivity index (χ2v) is 7.72. The van der Waals surface area contributed by atoms with Gasteiger partial charge in [0.1, 0.15) is 12.4 Å². The fourth-order valence-corrected chi connectivity index (χ4v) is 4.21. The maximum absolute atomic E-state index is 12.8. The van der Waals surface area contributed by atoms with Gasteiger partial charge in [-0.1, -0.05) is 30.3 Å². The van der Waals surface area contributed by atoms with Crippen LogP contribution in [0.1, 0.15) is 22.8 Å². The van der Waals surface area contributed by atoms with E-state index in [1.54, 1.807) is 18.2 Å². The van der Waals surface area contributed by atoms with Crippen LogP contribution in [0.3, 0.4) is 0 Å². The van der Waals surface area contributed by atoms with Crippen molar-refractivity contribution in [1.29, 1.82) is 0 Å². The van der Waals surface area contributed by atoms with Crippen LogP contribution >= 0.6 is 0 Å². The second kappa shape index (κ2) is 6.65. The molecule has 1 heterocycles. The minimum atomic E-state index is -3.50. The Morgan fingerprint density at radius 2 is 1.92 bits per heavy atom. The number of Topliss-reactive ketones (excluding diaryl/α,β-unsaturated/α-hetero) is 1. The summed E-state index contributed by atoms with van der Waals surface area (Å²) in [6, 6.07) is 14.4. The number of hydrogen-bond donors (Lipinski definition) is 0. The van der Waals surface area contributed by atoms with Crippen molar-refractivity contribution in [1.82, 2.24) is 0 Å². The van der Waals surface area contributed by atoms with E-state index in [1.165, 1.54) is 11.2 Å². The molecular weight excluding hydrogens is 326 g/mol. The number of aryl methyl sites for hydroxylation is 1. The van der Waals surface area contributed by atoms with E-state index >= 15 is 0 Å². The van der Waals surface area contributed by atoms with Gasteiger partial charge < -0.3 is 4.74 Å². The van der Waals surface area contributed by atoms with Gasteiger partial charge in [0.2, 0.25) is 10.0 Å². The van der Waals surface area contributed by atoms with E-state index in [-0.39, 0.29) is 18.1 Å². The highest BCUT2D eigenvalue weighted by Crippen LogP contribution is 2.34. The topological polar surface area (TPSA) is 63.7 Å². The molecule has 0 N–H and O–H groups in total. The smallest absolute Gasteiger partial charge is 0.235 e. The highest BCUT2D eigenvalue weighted by Gasteiger charge is 2.28. The largest absolute Gasteiger partial charge is 0.489 e. The number of ether oxygens (including phenoxy) is 1. The fraction of sp³-hybridized carbons (Fsp3) is 0.278. The van der Waals surface area contributed by atoms with Crippen LogP contribution in [0.25, 0.3) is 0 Å². The van der Waals surface area contributed by atoms with Gasteiger partial charge in [-0.25, -0.2) is 8.42 Å². The lowest BCUT2D eigenvalue weighted by Crippen LogP contribution is -2.39. The van der Waals surface area contributed by atoms with Gasteiger partial charge in [-0.3, -0.25) is 9.10 Å². The summed E-state index contributed by atoms with van der Waals surface area (Å²) in [5, 5.41) is 0. The third kappa shape index (κ3) is 3.43. The maximum Gasteiger partial charge on any atom is 0.235 e. The van der Waals surface area contributed by atoms with E-state index in [4.69, 9.17) is 4.74 Å². The van der Waals surface area contributed by atoms with Crippen molar-refractivity contribution in [2.75, 3.05) is 23.2 Å². The molecule has 0 saturated heterocycles. The number of rotatable bonds is 5. The predicted molar refractivity (Wildman–Crippen MR) is 93.2 cm³/mol. The molecule has 126 valence electrons. The number of nitrogens with zero attached hydrogens (tertiary/aromatic N) is 1. The normalized spacial score (nSPS) is 14.0. The van der Waals surface area contributed by atoms with Crippen molar-refractivity contribution in [3.05, 3.63) is 59.7 Å². The summed E-state index contributed by atoms with van der Waals surface area (Å²) in [6.45, 7) is 2.02. The molecule has 0 aliphatic carbocycles. The SMILES string of the molecule is CC(=O)c1ccc2c(c1)N(S(=O)(=O)CCc1ccccc1)CCO2. The zero-order valence-electron chi connectivity index (χ0n) is 13.4. The molecule has 0 saturated carbocycles. The fourth-order valence-electron chi connectivity index (χ4n) is 2.70. The number of carbonyl (C=O) groups excluding carboxylic acids is 1. The van der Waals surface area contributed by atoms with Crippen LogP contribution in [-0.4, -0.2) is 33.1 Å². The first-order valence-electron chi connectivity index (χ1n) is 7.79. The molecule has 6 heteroatoms. The molecule has 0 atom stereocenters. The molecule has 5 nitrogen and oxygen atoms in total. The zero-order chi connectivity index (χ0) is 17.2. The quantitative estimate of drug-likeness (QED) is 0.782. The highest BCUT2D eigenvalue weighted by atomic mass is 32.2. The lowest BCUT2D eigenvalue weighted by atomic mass is 10.1. The van der Waals surface area contributed by atoms with Gasteiger partial charge in [-0.05, 0) is 37.1 Å². The van der Waals surface area contributed by atoms with Crippen LogP contribution in [0.2, 0.25) is 0 Å². The summed E-state index contributed by atoms with van der Waals surface area (Å²) in [5.41, 5.74) is 1.90. The molecule has 0 aromatic heterocycles. The number of carbonyl (C=O) groups is 1. The molecule has 0 spiro atoms. The van der Waals surface area contributed by atoms with E-state index < -0.39 is 10.0 Å². The maximum atomic E-state index is 12.8. The van der Waals surface area contributed by atoms with Crippen LogP contribution < -0.4 is 9.04 Å². The van der Waals surface area contributed by atoms with E-state index in [9.17, 15) is 13.2 Å². The molecule has 0 unspecified atom stereocenters. The minimum absolute atomic E-state index is 0.0146. The summed E-state index contributed by atoms with van der Waals surface area (Å²) in [7, 11) is -3.50. The first kappa shape index (κ1) is 16.5. The van der Waals surface area contributed by atoms with Gasteiger partial charge in [-0.15, -0.1) is 0 Å². The summed E-state index contributed by atoms with van der Waals surface area (Å²) >= 11 is 0. The van der Waals surface area contributed by atoms with Gasteiger partial charge in [0.25, 0.3) is 0 Å². The van der Waals surface area contributed by atoms with Crippen molar-refractivity contribution in [2.24, 2.45) is 0 Å². The van der Waals surface area contributed by atoms with Gasteiger partial charge >= 0.3 is 0 Å². The van der Waals surface area contributed by atoms with Crippen LogP contribution in [0, 0.1) is 0 Å². The molecule has 3 rings (SSSR count). The van der Waals surface area contributed by atoms with Crippen LogP contribution in [0.15, 0.2) is 48.5 Å². The molecule has 1 aliphatic heterocycles. The third-order valence-corrected chi connectivity index (χ3v) is 5.78. The van der Waals surface area contributed by atoms with Gasteiger partial charge in [0.15, 0.2) is 5.78 Å². The van der Waals surface area contributed by atoms with Gasteiger partial charge in [0.05, 0.1) is 18.0 Å². The average Bonchev–Trinajstić information content (AvgIpc) is 2.60. The molecule has 0 radical (unpaired) electrons. The Morgan fingerprint density at radius 1 is 1.17 bits per heavy atom. The van der Waals surface area contributed by atoms with Crippen LogP contribution in [-0.2, 0) is 16.4 Å². The average molecular weight is 345 g/mol. The highest BCUT2D eigenvalue weighted by molar-refractivity contribution is 7.92. The first-order chi connectivity index (χ1) is 11.5. The number of fused-ring (bicyclic) bond motifs is 1. The van der Waals surface area contributed by atoms with Crippen molar-refractivity contribution in [3.8, 4) is 5.75 Å².